The number of pyridine rings is 1. The number of hydrogen-bond donors (Lipinski definition) is 0. The molecule has 4 rings (SSSR count). The van der Waals surface area contributed by atoms with Crippen molar-refractivity contribution in [3.8, 4) is 28.5 Å². The number of aromatic nitrogens is 1. The molecule has 0 N–H and O–H groups in total. The predicted molar refractivity (Wildman–Crippen MR) is 109 cm³/mol. The molecule has 0 radical (unpaired) electrons. The zero-order valence-corrected chi connectivity index (χ0v) is 16.2. The number of fused-ring (bicyclic) bond motifs is 1. The van der Waals surface area contributed by atoms with Crippen molar-refractivity contribution < 1.29 is 14.2 Å². The van der Waals surface area contributed by atoms with Gasteiger partial charge in [-0.25, -0.2) is 4.98 Å². The van der Waals surface area contributed by atoms with E-state index in [-0.39, 0.29) is 0 Å². The van der Waals surface area contributed by atoms with Crippen LogP contribution in [0.2, 0.25) is 0 Å². The third kappa shape index (κ3) is 3.94. The first-order chi connectivity index (χ1) is 13.8. The largest absolute Gasteiger partial charge is 0.497 e. The Kier molecular flexibility index (Phi) is 5.44. The van der Waals surface area contributed by atoms with Gasteiger partial charge in [-0.2, -0.15) is 0 Å². The molecule has 28 heavy (non-hydrogen) atoms. The van der Waals surface area contributed by atoms with Crippen molar-refractivity contribution >= 4 is 0 Å². The Morgan fingerprint density at radius 3 is 2.46 bits per heavy atom. The molecule has 0 saturated heterocycles. The molecule has 1 aliphatic heterocycles. The number of nitrogens with zero attached hydrogens (tertiary/aromatic N) is 2. The molecular weight excluding hydrogens is 352 g/mol. The lowest BCUT2D eigenvalue weighted by atomic mass is 10.0. The van der Waals surface area contributed by atoms with Crippen LogP contribution in [-0.2, 0) is 13.1 Å². The molecule has 0 spiro atoms. The molecule has 0 atom stereocenters. The molecule has 0 aliphatic carbocycles. The highest BCUT2D eigenvalue weighted by molar-refractivity contribution is 5.68. The Bertz CT molecular complexity index is 922. The minimum absolute atomic E-state index is 0.610. The fourth-order valence-corrected chi connectivity index (χ4v) is 3.56. The van der Waals surface area contributed by atoms with Crippen molar-refractivity contribution in [3.05, 3.63) is 71.9 Å². The lowest BCUT2D eigenvalue weighted by molar-refractivity contribution is 0.217. The van der Waals surface area contributed by atoms with E-state index in [4.69, 9.17) is 14.2 Å². The maximum Gasteiger partial charge on any atom is 0.218 e. The van der Waals surface area contributed by atoms with Gasteiger partial charge in [0.05, 0.1) is 14.2 Å². The average molecular weight is 376 g/mol. The standard InChI is InChI=1S/C23H24N2O3/c1-26-19-12-17(13-20(14-19)27-2)15-25-10-11-28-23-22(16-25)21(8-9-24-23)18-6-4-3-5-7-18/h3-9,12-14H,10-11,15-16H2,1-2H3. The summed E-state index contributed by atoms with van der Waals surface area (Å²) < 4.78 is 16.8. The van der Waals surface area contributed by atoms with Gasteiger partial charge in [-0.05, 0) is 34.9 Å². The minimum Gasteiger partial charge on any atom is -0.497 e. The summed E-state index contributed by atoms with van der Waals surface area (Å²) >= 11 is 0. The van der Waals surface area contributed by atoms with Crippen molar-refractivity contribution in [1.29, 1.82) is 0 Å². The number of rotatable bonds is 5. The van der Waals surface area contributed by atoms with E-state index >= 15 is 0 Å². The van der Waals surface area contributed by atoms with Gasteiger partial charge in [0.2, 0.25) is 5.88 Å². The second-order valence-electron chi connectivity index (χ2n) is 6.79. The van der Waals surface area contributed by atoms with Crippen LogP contribution in [0.4, 0.5) is 0 Å². The SMILES string of the molecule is COc1cc(CN2CCOc3nccc(-c4ccccc4)c3C2)cc(OC)c1. The molecule has 2 heterocycles. The Morgan fingerprint density at radius 2 is 1.75 bits per heavy atom. The van der Waals surface area contributed by atoms with Crippen LogP contribution >= 0.6 is 0 Å². The van der Waals surface area contributed by atoms with Crippen LogP contribution in [0.15, 0.2) is 60.8 Å². The average Bonchev–Trinajstić information content (AvgIpc) is 2.95. The van der Waals surface area contributed by atoms with E-state index in [1.54, 1.807) is 14.2 Å². The highest BCUT2D eigenvalue weighted by atomic mass is 16.5. The Balaban J connectivity index is 1.63. The van der Waals surface area contributed by atoms with E-state index in [0.29, 0.717) is 6.61 Å². The highest BCUT2D eigenvalue weighted by Gasteiger charge is 2.20. The summed E-state index contributed by atoms with van der Waals surface area (Å²) in [4.78, 5) is 6.84. The number of benzene rings is 2. The van der Waals surface area contributed by atoms with Gasteiger partial charge in [0.1, 0.15) is 18.1 Å². The minimum atomic E-state index is 0.610. The van der Waals surface area contributed by atoms with Gasteiger partial charge in [0.25, 0.3) is 0 Å². The molecule has 0 unspecified atom stereocenters. The molecule has 0 amide bonds. The Labute approximate surface area is 165 Å². The van der Waals surface area contributed by atoms with E-state index < -0.39 is 0 Å². The molecule has 1 aliphatic rings. The summed E-state index contributed by atoms with van der Waals surface area (Å²) in [5.74, 6) is 2.33. The van der Waals surface area contributed by atoms with Crippen LogP contribution in [0.3, 0.4) is 0 Å². The van der Waals surface area contributed by atoms with Crippen molar-refractivity contribution in [2.45, 2.75) is 13.1 Å². The molecule has 3 aromatic rings. The van der Waals surface area contributed by atoms with Gasteiger partial charge in [-0.1, -0.05) is 30.3 Å². The summed E-state index contributed by atoms with van der Waals surface area (Å²) in [6.45, 7) is 2.98. The quantitative estimate of drug-likeness (QED) is 0.669. The monoisotopic (exact) mass is 376 g/mol. The van der Waals surface area contributed by atoms with Crippen LogP contribution in [-0.4, -0.2) is 37.3 Å². The zero-order chi connectivity index (χ0) is 19.3. The lowest BCUT2D eigenvalue weighted by Gasteiger charge is -2.21. The van der Waals surface area contributed by atoms with Crippen LogP contribution < -0.4 is 14.2 Å². The van der Waals surface area contributed by atoms with Crippen molar-refractivity contribution in [1.82, 2.24) is 9.88 Å². The smallest absolute Gasteiger partial charge is 0.218 e. The molecule has 0 fully saturated rings. The highest BCUT2D eigenvalue weighted by Crippen LogP contribution is 2.32. The first-order valence-corrected chi connectivity index (χ1v) is 9.37. The Morgan fingerprint density at radius 1 is 1.00 bits per heavy atom. The zero-order valence-electron chi connectivity index (χ0n) is 16.2. The number of methoxy groups -OCH3 is 2. The van der Waals surface area contributed by atoms with Crippen LogP contribution in [0.1, 0.15) is 11.1 Å². The van der Waals surface area contributed by atoms with E-state index in [9.17, 15) is 0 Å². The van der Waals surface area contributed by atoms with Crippen molar-refractivity contribution in [2.75, 3.05) is 27.4 Å². The van der Waals surface area contributed by atoms with Crippen LogP contribution in [0.5, 0.6) is 17.4 Å². The summed E-state index contributed by atoms with van der Waals surface area (Å²) in [6.07, 6.45) is 1.82. The molecule has 144 valence electrons. The maximum atomic E-state index is 5.97. The second-order valence-corrected chi connectivity index (χ2v) is 6.79. The van der Waals surface area contributed by atoms with Crippen molar-refractivity contribution in [2.24, 2.45) is 0 Å². The molecule has 0 bridgehead atoms. The lowest BCUT2D eigenvalue weighted by Crippen LogP contribution is -2.25. The molecular formula is C23H24N2O3. The van der Waals surface area contributed by atoms with Gasteiger partial charge in [-0.15, -0.1) is 0 Å². The summed E-state index contributed by atoms with van der Waals surface area (Å²) in [6, 6.07) is 18.4. The fraction of sp³-hybridized carbons (Fsp3) is 0.261. The van der Waals surface area contributed by atoms with Gasteiger partial charge in [0.15, 0.2) is 0 Å². The van der Waals surface area contributed by atoms with Gasteiger partial charge >= 0.3 is 0 Å². The predicted octanol–water partition coefficient (Wildman–Crippen LogP) is 4.16. The summed E-state index contributed by atoms with van der Waals surface area (Å²) in [7, 11) is 3.35. The molecule has 5 heteroatoms. The normalized spacial score (nSPS) is 13.9. The van der Waals surface area contributed by atoms with Gasteiger partial charge in [-0.3, -0.25) is 4.90 Å². The van der Waals surface area contributed by atoms with E-state index in [1.807, 2.05) is 18.3 Å². The first kappa shape index (κ1) is 18.3. The maximum absolute atomic E-state index is 5.97. The molecule has 5 nitrogen and oxygen atoms in total. The van der Waals surface area contributed by atoms with Gasteiger partial charge in [0, 0.05) is 37.5 Å². The summed E-state index contributed by atoms with van der Waals surface area (Å²) in [5.41, 5.74) is 4.61. The molecule has 0 saturated carbocycles. The molecule has 1 aromatic heterocycles. The third-order valence-electron chi connectivity index (χ3n) is 4.95. The van der Waals surface area contributed by atoms with E-state index in [0.717, 1.165) is 48.1 Å². The van der Waals surface area contributed by atoms with Crippen LogP contribution in [0, 0.1) is 0 Å². The number of ether oxygens (including phenoxy) is 3. The van der Waals surface area contributed by atoms with Crippen LogP contribution in [0.25, 0.3) is 11.1 Å². The first-order valence-electron chi connectivity index (χ1n) is 9.37. The second kappa shape index (κ2) is 8.31. The number of hydrogen-bond acceptors (Lipinski definition) is 5. The Hall–Kier alpha value is -3.05. The van der Waals surface area contributed by atoms with E-state index in [2.05, 4.69) is 52.3 Å². The third-order valence-corrected chi connectivity index (χ3v) is 4.95. The fourth-order valence-electron chi connectivity index (χ4n) is 3.56. The van der Waals surface area contributed by atoms with Crippen molar-refractivity contribution in [3.63, 3.8) is 0 Å². The van der Waals surface area contributed by atoms with Gasteiger partial charge < -0.3 is 14.2 Å². The topological polar surface area (TPSA) is 43.8 Å². The molecule has 2 aromatic carbocycles. The summed E-state index contributed by atoms with van der Waals surface area (Å²) in [5, 5.41) is 0. The van der Waals surface area contributed by atoms with E-state index in [1.165, 1.54) is 11.1 Å².